The van der Waals surface area contributed by atoms with Gasteiger partial charge in [0.25, 0.3) is 5.22 Å². The molecule has 0 fully saturated rings. The maximum Gasteiger partial charge on any atom is 0.257 e. The summed E-state index contributed by atoms with van der Waals surface area (Å²) in [5.74, 6) is 0.239. The van der Waals surface area contributed by atoms with Crippen molar-refractivity contribution in [1.82, 2.24) is 4.98 Å². The highest BCUT2D eigenvalue weighted by atomic mass is 35.5. The van der Waals surface area contributed by atoms with Crippen LogP contribution in [0.4, 0.5) is 5.69 Å². The summed E-state index contributed by atoms with van der Waals surface area (Å²) >= 11 is 7.19. The fourth-order valence-electron chi connectivity index (χ4n) is 1.96. The van der Waals surface area contributed by atoms with E-state index in [1.165, 1.54) is 11.8 Å². The van der Waals surface area contributed by atoms with Gasteiger partial charge in [-0.2, -0.15) is 0 Å². The molecule has 6 heteroatoms. The number of thioether (sulfide) groups is 1. The molecule has 3 rings (SSSR count). The first kappa shape index (κ1) is 14.9. The van der Waals surface area contributed by atoms with E-state index >= 15 is 0 Å². The number of aromatic nitrogens is 1. The van der Waals surface area contributed by atoms with Gasteiger partial charge >= 0.3 is 0 Å². The lowest BCUT2D eigenvalue weighted by atomic mass is 10.3. The molecule has 0 radical (unpaired) electrons. The van der Waals surface area contributed by atoms with E-state index in [-0.39, 0.29) is 11.7 Å². The number of oxazole rings is 1. The van der Waals surface area contributed by atoms with E-state index in [9.17, 15) is 4.79 Å². The average molecular weight is 333 g/mol. The molecule has 2 aromatic carbocycles. The first-order valence-corrected chi connectivity index (χ1v) is 8.00. The van der Waals surface area contributed by atoms with Crippen molar-refractivity contribution in [3.8, 4) is 0 Å². The van der Waals surface area contributed by atoms with Crippen molar-refractivity contribution in [1.29, 1.82) is 0 Å². The molecule has 1 aromatic heterocycles. The Bertz CT molecular complexity index is 804. The van der Waals surface area contributed by atoms with Crippen LogP contribution in [0, 0.1) is 0 Å². The lowest BCUT2D eigenvalue weighted by molar-refractivity contribution is -0.115. The molecule has 0 atom stereocenters. The Balaban J connectivity index is 1.67. The number of carbonyl (C=O) groups is 1. The van der Waals surface area contributed by atoms with Crippen LogP contribution in [0.25, 0.3) is 11.1 Å². The zero-order chi connectivity index (χ0) is 15.5. The number of halogens is 1. The smallest absolute Gasteiger partial charge is 0.257 e. The number of fused-ring (bicyclic) bond motifs is 1. The van der Waals surface area contributed by atoms with E-state index in [4.69, 9.17) is 16.0 Å². The number of hydrogen-bond acceptors (Lipinski definition) is 4. The number of para-hydroxylation sites is 1. The van der Waals surface area contributed by atoms with E-state index in [1.54, 1.807) is 30.1 Å². The van der Waals surface area contributed by atoms with Crippen molar-refractivity contribution < 1.29 is 9.21 Å². The summed E-state index contributed by atoms with van der Waals surface area (Å²) in [7, 11) is 1.75. The number of benzene rings is 2. The molecule has 1 amide bonds. The lowest BCUT2D eigenvalue weighted by Gasteiger charge is -2.16. The van der Waals surface area contributed by atoms with Crippen LogP contribution in [-0.4, -0.2) is 23.7 Å². The van der Waals surface area contributed by atoms with Crippen molar-refractivity contribution in [3.63, 3.8) is 0 Å². The number of anilines is 1. The van der Waals surface area contributed by atoms with Gasteiger partial charge in [-0.05, 0) is 30.3 Å². The van der Waals surface area contributed by atoms with Crippen LogP contribution in [0.3, 0.4) is 0 Å². The van der Waals surface area contributed by atoms with Crippen molar-refractivity contribution >= 4 is 46.1 Å². The molecule has 0 aliphatic carbocycles. The van der Waals surface area contributed by atoms with Gasteiger partial charge in [0.1, 0.15) is 5.52 Å². The molecule has 0 unspecified atom stereocenters. The number of rotatable bonds is 4. The van der Waals surface area contributed by atoms with Gasteiger partial charge < -0.3 is 9.32 Å². The summed E-state index contributed by atoms with van der Waals surface area (Å²) < 4.78 is 5.58. The van der Waals surface area contributed by atoms with Crippen molar-refractivity contribution in [2.24, 2.45) is 0 Å². The molecule has 0 N–H and O–H groups in total. The minimum Gasteiger partial charge on any atom is -0.431 e. The topological polar surface area (TPSA) is 46.3 Å². The van der Waals surface area contributed by atoms with Gasteiger partial charge in [0.05, 0.1) is 5.75 Å². The van der Waals surface area contributed by atoms with Crippen LogP contribution in [-0.2, 0) is 4.79 Å². The molecule has 0 saturated carbocycles. The van der Waals surface area contributed by atoms with Gasteiger partial charge in [-0.3, -0.25) is 4.79 Å². The zero-order valence-corrected chi connectivity index (χ0v) is 13.4. The van der Waals surface area contributed by atoms with E-state index in [0.717, 1.165) is 5.69 Å². The Labute approximate surface area is 137 Å². The van der Waals surface area contributed by atoms with Crippen LogP contribution in [0.2, 0.25) is 5.02 Å². The molecular weight excluding hydrogens is 320 g/mol. The van der Waals surface area contributed by atoms with Gasteiger partial charge in [0.15, 0.2) is 5.58 Å². The monoisotopic (exact) mass is 332 g/mol. The number of carbonyl (C=O) groups excluding carboxylic acids is 1. The predicted molar refractivity (Wildman–Crippen MR) is 89.6 cm³/mol. The Morgan fingerprint density at radius 3 is 2.82 bits per heavy atom. The standard InChI is InChI=1S/C16H13ClN2O2S/c1-19(12-5-3-2-4-6-12)15(20)10-22-16-18-13-9-11(17)7-8-14(13)21-16/h2-9H,10H2,1H3. The summed E-state index contributed by atoms with van der Waals surface area (Å²) in [4.78, 5) is 18.1. The van der Waals surface area contributed by atoms with Gasteiger partial charge in [-0.1, -0.05) is 41.6 Å². The molecule has 112 valence electrons. The zero-order valence-electron chi connectivity index (χ0n) is 11.8. The SMILES string of the molecule is CN(C(=O)CSc1nc2cc(Cl)ccc2o1)c1ccccc1. The minimum absolute atomic E-state index is 0.0171. The van der Waals surface area contributed by atoms with Crippen LogP contribution in [0.1, 0.15) is 0 Å². The summed E-state index contributed by atoms with van der Waals surface area (Å²) in [5.41, 5.74) is 2.21. The van der Waals surface area contributed by atoms with Gasteiger partial charge in [-0.15, -0.1) is 0 Å². The summed E-state index contributed by atoms with van der Waals surface area (Å²) in [6.07, 6.45) is 0. The molecule has 0 bridgehead atoms. The molecular formula is C16H13ClN2O2S. The van der Waals surface area contributed by atoms with Crippen LogP contribution < -0.4 is 4.90 Å². The molecule has 1 heterocycles. The Hall–Kier alpha value is -1.98. The van der Waals surface area contributed by atoms with Gasteiger partial charge in [0, 0.05) is 17.8 Å². The molecule has 0 aliphatic heterocycles. The molecule has 4 nitrogen and oxygen atoms in total. The average Bonchev–Trinajstić information content (AvgIpc) is 2.94. The van der Waals surface area contributed by atoms with Gasteiger partial charge in [-0.25, -0.2) is 4.98 Å². The Morgan fingerprint density at radius 1 is 1.27 bits per heavy atom. The van der Waals surface area contributed by atoms with Gasteiger partial charge in [0.2, 0.25) is 5.91 Å². The van der Waals surface area contributed by atoms with Crippen molar-refractivity contribution in [3.05, 3.63) is 53.6 Å². The number of amides is 1. The highest BCUT2D eigenvalue weighted by molar-refractivity contribution is 7.99. The Morgan fingerprint density at radius 2 is 2.05 bits per heavy atom. The summed E-state index contributed by atoms with van der Waals surface area (Å²) in [6.45, 7) is 0. The van der Waals surface area contributed by atoms with Crippen LogP contribution in [0.5, 0.6) is 0 Å². The fourth-order valence-corrected chi connectivity index (χ4v) is 2.88. The third-order valence-corrected chi connectivity index (χ3v) is 4.21. The molecule has 0 aliphatic rings. The molecule has 3 aromatic rings. The minimum atomic E-state index is -0.0171. The van der Waals surface area contributed by atoms with Crippen LogP contribution in [0.15, 0.2) is 58.2 Å². The first-order chi connectivity index (χ1) is 10.6. The van der Waals surface area contributed by atoms with E-state index < -0.39 is 0 Å². The van der Waals surface area contributed by atoms with E-state index in [0.29, 0.717) is 21.3 Å². The maximum absolute atomic E-state index is 12.2. The predicted octanol–water partition coefficient (Wildman–Crippen LogP) is 4.24. The molecule has 22 heavy (non-hydrogen) atoms. The first-order valence-electron chi connectivity index (χ1n) is 6.64. The normalized spacial score (nSPS) is 10.8. The van der Waals surface area contributed by atoms with E-state index in [2.05, 4.69) is 4.98 Å². The molecule has 0 spiro atoms. The number of nitrogens with zero attached hydrogens (tertiary/aromatic N) is 2. The second-order valence-corrected chi connectivity index (χ2v) is 6.03. The number of hydrogen-bond donors (Lipinski definition) is 0. The van der Waals surface area contributed by atoms with Crippen LogP contribution >= 0.6 is 23.4 Å². The second kappa shape index (κ2) is 6.42. The third-order valence-electron chi connectivity index (χ3n) is 3.17. The summed E-state index contributed by atoms with van der Waals surface area (Å²) in [6, 6.07) is 14.8. The largest absolute Gasteiger partial charge is 0.431 e. The van der Waals surface area contributed by atoms with Crippen molar-refractivity contribution in [2.45, 2.75) is 5.22 Å². The quantitative estimate of drug-likeness (QED) is 0.670. The Kier molecular flexibility index (Phi) is 4.36. The lowest BCUT2D eigenvalue weighted by Crippen LogP contribution is -2.27. The third kappa shape index (κ3) is 3.26. The maximum atomic E-state index is 12.2. The highest BCUT2D eigenvalue weighted by Gasteiger charge is 2.14. The van der Waals surface area contributed by atoms with E-state index in [1.807, 2.05) is 30.3 Å². The van der Waals surface area contributed by atoms with Crippen molar-refractivity contribution in [2.75, 3.05) is 17.7 Å². The summed E-state index contributed by atoms with van der Waals surface area (Å²) in [5, 5.41) is 1.07. The highest BCUT2D eigenvalue weighted by Crippen LogP contribution is 2.26. The molecule has 0 saturated heterocycles. The second-order valence-electron chi connectivity index (χ2n) is 4.67. The fraction of sp³-hybridized carbons (Fsp3) is 0.125.